The van der Waals surface area contributed by atoms with Crippen LogP contribution < -0.4 is 0 Å². The number of hydrogen-bond donors (Lipinski definition) is 0. The van der Waals surface area contributed by atoms with Gasteiger partial charge in [-0.2, -0.15) is 0 Å². The summed E-state index contributed by atoms with van der Waals surface area (Å²) in [4.78, 5) is 2.59. The molecule has 0 amide bonds. The maximum absolute atomic E-state index is 5.42. The molecule has 3 aliphatic rings. The molecule has 3 aliphatic heterocycles. The quantitative estimate of drug-likeness (QED) is 0.522. The zero-order valence-electron chi connectivity index (χ0n) is 7.63. The van der Waals surface area contributed by atoms with Gasteiger partial charge >= 0.3 is 0 Å². The largest absolute Gasteiger partial charge is 0.378 e. The van der Waals surface area contributed by atoms with Gasteiger partial charge in [0.05, 0.1) is 13.2 Å². The molecule has 2 bridgehead atoms. The highest BCUT2D eigenvalue weighted by Crippen LogP contribution is 2.36. The highest BCUT2D eigenvalue weighted by molar-refractivity contribution is 5.01. The van der Waals surface area contributed by atoms with Crippen LogP contribution in [0.25, 0.3) is 0 Å². The molecule has 2 heteroatoms. The first-order valence-electron chi connectivity index (χ1n) is 4.45. The van der Waals surface area contributed by atoms with Crippen molar-refractivity contribution in [1.29, 1.82) is 0 Å². The van der Waals surface area contributed by atoms with E-state index in [4.69, 9.17) is 4.74 Å². The lowest BCUT2D eigenvalue weighted by Crippen LogP contribution is -2.69. The van der Waals surface area contributed by atoms with E-state index in [2.05, 4.69) is 25.7 Å². The molecule has 2 atom stereocenters. The van der Waals surface area contributed by atoms with Crippen LogP contribution in [0.1, 0.15) is 27.2 Å². The van der Waals surface area contributed by atoms with E-state index in [0.29, 0.717) is 17.6 Å². The van der Waals surface area contributed by atoms with Crippen LogP contribution in [0, 0.1) is 0 Å². The van der Waals surface area contributed by atoms with Crippen LogP contribution in [-0.4, -0.2) is 35.7 Å². The Kier molecular flexibility index (Phi) is 1.52. The summed E-state index contributed by atoms with van der Waals surface area (Å²) in [7, 11) is 0. The third kappa shape index (κ3) is 1.09. The fourth-order valence-corrected chi connectivity index (χ4v) is 2.43. The monoisotopic (exact) mass is 155 g/mol. The molecule has 1 unspecified atom stereocenters. The van der Waals surface area contributed by atoms with Crippen molar-refractivity contribution in [2.75, 3.05) is 13.2 Å². The number of fused-ring (bicyclic) bond motifs is 2. The highest BCUT2D eigenvalue weighted by Gasteiger charge is 2.47. The van der Waals surface area contributed by atoms with Gasteiger partial charge < -0.3 is 4.74 Å². The van der Waals surface area contributed by atoms with Gasteiger partial charge in [-0.1, -0.05) is 0 Å². The molecule has 2 nitrogen and oxygen atoms in total. The number of ether oxygens (including phenoxy) is 1. The molecule has 0 aliphatic carbocycles. The average molecular weight is 155 g/mol. The Hall–Kier alpha value is -0.0800. The summed E-state index contributed by atoms with van der Waals surface area (Å²) in [6.45, 7) is 8.77. The molecule has 0 aromatic rings. The number of nitrogens with zero attached hydrogens (tertiary/aromatic N) is 1. The van der Waals surface area contributed by atoms with Gasteiger partial charge in [-0.15, -0.1) is 0 Å². The Bertz CT molecular complexity index is 147. The van der Waals surface area contributed by atoms with E-state index in [1.807, 2.05) is 0 Å². The van der Waals surface area contributed by atoms with E-state index in [-0.39, 0.29) is 0 Å². The highest BCUT2D eigenvalue weighted by atomic mass is 16.5. The maximum Gasteiger partial charge on any atom is 0.0623 e. The van der Waals surface area contributed by atoms with Crippen LogP contribution in [0.4, 0.5) is 0 Å². The van der Waals surface area contributed by atoms with Crippen molar-refractivity contribution in [2.45, 2.75) is 44.8 Å². The van der Waals surface area contributed by atoms with Gasteiger partial charge in [0.15, 0.2) is 0 Å². The molecule has 0 saturated carbocycles. The van der Waals surface area contributed by atoms with Crippen molar-refractivity contribution in [3.05, 3.63) is 0 Å². The van der Waals surface area contributed by atoms with Crippen molar-refractivity contribution < 1.29 is 4.74 Å². The molecule has 0 aromatic carbocycles. The molecular weight excluding hydrogens is 138 g/mol. The molecule has 11 heavy (non-hydrogen) atoms. The lowest BCUT2D eigenvalue weighted by molar-refractivity contribution is -0.164. The first kappa shape index (κ1) is 7.56. The van der Waals surface area contributed by atoms with E-state index in [1.165, 1.54) is 6.42 Å². The second-order valence-corrected chi connectivity index (χ2v) is 4.66. The van der Waals surface area contributed by atoms with Gasteiger partial charge in [0.25, 0.3) is 0 Å². The van der Waals surface area contributed by atoms with Gasteiger partial charge in [-0.3, -0.25) is 4.90 Å². The Morgan fingerprint density at radius 1 is 1.18 bits per heavy atom. The minimum absolute atomic E-state index is 0.345. The van der Waals surface area contributed by atoms with E-state index in [9.17, 15) is 0 Å². The Labute approximate surface area is 68.5 Å². The fraction of sp³-hybridized carbons (Fsp3) is 1.00. The van der Waals surface area contributed by atoms with Crippen LogP contribution in [0.2, 0.25) is 0 Å². The molecule has 64 valence electrons. The minimum Gasteiger partial charge on any atom is -0.378 e. The van der Waals surface area contributed by atoms with Crippen molar-refractivity contribution in [3.8, 4) is 0 Å². The third-order valence-corrected chi connectivity index (χ3v) is 2.73. The van der Waals surface area contributed by atoms with Gasteiger partial charge in [0, 0.05) is 17.6 Å². The number of hydrogen-bond acceptors (Lipinski definition) is 2. The Morgan fingerprint density at radius 3 is 2.00 bits per heavy atom. The minimum atomic E-state index is 0.345. The second-order valence-electron chi connectivity index (χ2n) is 4.66. The molecule has 3 saturated heterocycles. The van der Waals surface area contributed by atoms with Crippen LogP contribution in [0.3, 0.4) is 0 Å². The molecule has 0 aromatic heterocycles. The summed E-state index contributed by atoms with van der Waals surface area (Å²) >= 11 is 0. The molecule has 3 rings (SSSR count). The standard InChI is InChI=1S/C9H17NO/c1-9(2,3)10-7-4-8(10)6-11-5-7/h7-8H,4-6H2,1-3H3/t7-,8?/m1/s1. The van der Waals surface area contributed by atoms with Gasteiger partial charge in [0.2, 0.25) is 0 Å². The summed E-state index contributed by atoms with van der Waals surface area (Å²) in [5.74, 6) is 0. The molecule has 0 N–H and O–H groups in total. The molecular formula is C9H17NO. The summed E-state index contributed by atoms with van der Waals surface area (Å²) in [5.41, 5.74) is 0.345. The summed E-state index contributed by atoms with van der Waals surface area (Å²) < 4.78 is 5.42. The Morgan fingerprint density at radius 2 is 1.73 bits per heavy atom. The van der Waals surface area contributed by atoms with Crippen molar-refractivity contribution in [1.82, 2.24) is 4.90 Å². The van der Waals surface area contributed by atoms with Gasteiger partial charge in [0.1, 0.15) is 0 Å². The number of morpholine rings is 1. The topological polar surface area (TPSA) is 12.5 Å². The predicted octanol–water partition coefficient (Wildman–Crippen LogP) is 1.26. The van der Waals surface area contributed by atoms with Crippen LogP contribution in [0.5, 0.6) is 0 Å². The Balaban J connectivity index is 2.06. The molecule has 0 radical (unpaired) electrons. The van der Waals surface area contributed by atoms with Crippen molar-refractivity contribution in [3.63, 3.8) is 0 Å². The predicted molar refractivity (Wildman–Crippen MR) is 44.6 cm³/mol. The zero-order chi connectivity index (χ0) is 8.06. The smallest absolute Gasteiger partial charge is 0.0623 e. The SMILES string of the molecule is CC(C)(C)N1C2COC[C@H]1C2. The molecule has 3 fully saturated rings. The van der Waals surface area contributed by atoms with Crippen LogP contribution >= 0.6 is 0 Å². The fourth-order valence-electron chi connectivity index (χ4n) is 2.43. The average Bonchev–Trinajstić information content (AvgIpc) is 1.85. The number of rotatable bonds is 0. The lowest BCUT2D eigenvalue weighted by atomic mass is 9.85. The van der Waals surface area contributed by atoms with Crippen LogP contribution in [0.15, 0.2) is 0 Å². The van der Waals surface area contributed by atoms with E-state index in [0.717, 1.165) is 13.2 Å². The summed E-state index contributed by atoms with van der Waals surface area (Å²) in [6, 6.07) is 1.43. The van der Waals surface area contributed by atoms with E-state index < -0.39 is 0 Å². The summed E-state index contributed by atoms with van der Waals surface area (Å²) in [5, 5.41) is 0. The zero-order valence-corrected chi connectivity index (χ0v) is 7.63. The van der Waals surface area contributed by atoms with Crippen molar-refractivity contribution in [2.24, 2.45) is 0 Å². The van der Waals surface area contributed by atoms with E-state index >= 15 is 0 Å². The summed E-state index contributed by atoms with van der Waals surface area (Å²) in [6.07, 6.45) is 1.36. The van der Waals surface area contributed by atoms with E-state index in [1.54, 1.807) is 0 Å². The third-order valence-electron chi connectivity index (χ3n) is 2.73. The second kappa shape index (κ2) is 2.20. The lowest BCUT2D eigenvalue weighted by Gasteiger charge is -2.58. The van der Waals surface area contributed by atoms with Crippen molar-refractivity contribution >= 4 is 0 Å². The molecule has 3 heterocycles. The van der Waals surface area contributed by atoms with Gasteiger partial charge in [-0.05, 0) is 27.2 Å². The normalized spacial score (nSPS) is 38.5. The molecule has 0 spiro atoms. The first-order chi connectivity index (χ1) is 5.09. The maximum atomic E-state index is 5.42. The van der Waals surface area contributed by atoms with Gasteiger partial charge in [-0.25, -0.2) is 0 Å². The van der Waals surface area contributed by atoms with Crippen LogP contribution in [-0.2, 0) is 4.74 Å². The first-order valence-corrected chi connectivity index (χ1v) is 4.45.